The molecule has 0 aliphatic carbocycles. The first kappa shape index (κ1) is 12.4. The molecule has 0 bridgehead atoms. The van der Waals surface area contributed by atoms with Gasteiger partial charge in [0.2, 0.25) is 0 Å². The average molecular weight is 237 g/mol. The largest absolute Gasteiger partial charge is 0.490 e. The van der Waals surface area contributed by atoms with E-state index in [-0.39, 0.29) is 0 Å². The van der Waals surface area contributed by atoms with Crippen LogP contribution in [0, 0.1) is 11.8 Å². The summed E-state index contributed by atoms with van der Waals surface area (Å²) in [6, 6.07) is 0. The summed E-state index contributed by atoms with van der Waals surface area (Å²) in [6.07, 6.45) is 6.27. The summed E-state index contributed by atoms with van der Waals surface area (Å²) < 4.78 is 7.76. The van der Waals surface area contributed by atoms with E-state index in [0.717, 1.165) is 32.0 Å². The zero-order chi connectivity index (χ0) is 12.1. The van der Waals surface area contributed by atoms with Crippen molar-refractivity contribution in [1.82, 2.24) is 15.1 Å². The summed E-state index contributed by atoms with van der Waals surface area (Å²) in [5.74, 6) is 2.22. The molecule has 1 saturated heterocycles. The average Bonchev–Trinajstić information content (AvgIpc) is 2.75. The summed E-state index contributed by atoms with van der Waals surface area (Å²) >= 11 is 0. The van der Waals surface area contributed by atoms with E-state index in [9.17, 15) is 0 Å². The van der Waals surface area contributed by atoms with Crippen LogP contribution >= 0.6 is 0 Å². The van der Waals surface area contributed by atoms with E-state index in [1.165, 1.54) is 12.8 Å². The minimum atomic E-state index is 0.618. The minimum Gasteiger partial charge on any atom is -0.490 e. The van der Waals surface area contributed by atoms with Crippen LogP contribution in [0.15, 0.2) is 12.4 Å². The van der Waals surface area contributed by atoms with E-state index < -0.39 is 0 Å². The van der Waals surface area contributed by atoms with Crippen molar-refractivity contribution in [3.05, 3.63) is 12.4 Å². The lowest BCUT2D eigenvalue weighted by Gasteiger charge is -2.22. The molecule has 0 atom stereocenters. The van der Waals surface area contributed by atoms with E-state index >= 15 is 0 Å². The van der Waals surface area contributed by atoms with Crippen LogP contribution < -0.4 is 10.1 Å². The van der Waals surface area contributed by atoms with Crippen LogP contribution in [0.3, 0.4) is 0 Å². The molecule has 0 radical (unpaired) electrons. The van der Waals surface area contributed by atoms with Crippen LogP contribution in [0.5, 0.6) is 5.75 Å². The summed E-state index contributed by atoms with van der Waals surface area (Å²) in [6.45, 7) is 8.42. The van der Waals surface area contributed by atoms with Crippen LogP contribution in [0.4, 0.5) is 0 Å². The molecule has 1 aromatic rings. The number of rotatable bonds is 5. The third-order valence-electron chi connectivity index (χ3n) is 3.11. The molecule has 1 aliphatic heterocycles. The highest BCUT2D eigenvalue weighted by Crippen LogP contribution is 2.15. The Labute approximate surface area is 103 Å². The van der Waals surface area contributed by atoms with Gasteiger partial charge in [-0.15, -0.1) is 0 Å². The number of ether oxygens (including phenoxy) is 1. The first-order valence-corrected chi connectivity index (χ1v) is 6.60. The molecule has 1 N–H and O–H groups in total. The zero-order valence-corrected chi connectivity index (χ0v) is 10.9. The van der Waals surface area contributed by atoms with E-state index in [1.807, 2.05) is 17.1 Å². The molecule has 4 nitrogen and oxygen atoms in total. The van der Waals surface area contributed by atoms with Crippen LogP contribution in [0.2, 0.25) is 0 Å². The van der Waals surface area contributed by atoms with Gasteiger partial charge in [-0.3, -0.25) is 4.68 Å². The summed E-state index contributed by atoms with van der Waals surface area (Å²) in [7, 11) is 0. The van der Waals surface area contributed by atoms with Gasteiger partial charge in [0.15, 0.2) is 5.75 Å². The standard InChI is InChI=1S/C13H23N3O/c1-11(2)8-16-9-13(7-15-16)17-10-12-3-5-14-6-4-12/h7,9,11-12,14H,3-6,8,10H2,1-2H3. The Morgan fingerprint density at radius 2 is 2.24 bits per heavy atom. The monoisotopic (exact) mass is 237 g/mol. The SMILES string of the molecule is CC(C)Cn1cc(OCC2CCNCC2)cn1. The summed E-state index contributed by atoms with van der Waals surface area (Å²) in [5.41, 5.74) is 0. The second-order valence-corrected chi connectivity index (χ2v) is 5.30. The van der Waals surface area contributed by atoms with Crippen LogP contribution in [-0.4, -0.2) is 29.5 Å². The molecule has 1 aliphatic rings. The molecule has 96 valence electrons. The van der Waals surface area contributed by atoms with E-state index in [0.29, 0.717) is 11.8 Å². The van der Waals surface area contributed by atoms with Gasteiger partial charge in [0.05, 0.1) is 19.0 Å². The number of nitrogens with zero attached hydrogens (tertiary/aromatic N) is 2. The highest BCUT2D eigenvalue weighted by molar-refractivity contribution is 5.11. The molecule has 0 aromatic carbocycles. The van der Waals surface area contributed by atoms with Crippen molar-refractivity contribution in [3.63, 3.8) is 0 Å². The Bertz CT molecular complexity index is 329. The van der Waals surface area contributed by atoms with Gasteiger partial charge in [-0.05, 0) is 37.8 Å². The molecule has 4 heteroatoms. The maximum Gasteiger partial charge on any atom is 0.157 e. The molecular weight excluding hydrogens is 214 g/mol. The quantitative estimate of drug-likeness (QED) is 0.850. The third kappa shape index (κ3) is 4.04. The fourth-order valence-corrected chi connectivity index (χ4v) is 2.16. The van der Waals surface area contributed by atoms with Crippen molar-refractivity contribution in [2.75, 3.05) is 19.7 Å². The molecule has 2 heterocycles. The van der Waals surface area contributed by atoms with Crippen molar-refractivity contribution in [3.8, 4) is 5.75 Å². The van der Waals surface area contributed by atoms with Crippen LogP contribution in [0.25, 0.3) is 0 Å². The molecular formula is C13H23N3O. The first-order valence-electron chi connectivity index (χ1n) is 6.60. The number of piperidine rings is 1. The lowest BCUT2D eigenvalue weighted by atomic mass is 9.99. The molecule has 0 saturated carbocycles. The van der Waals surface area contributed by atoms with E-state index in [1.54, 1.807) is 0 Å². The summed E-state index contributed by atoms with van der Waals surface area (Å²) in [4.78, 5) is 0. The third-order valence-corrected chi connectivity index (χ3v) is 3.11. The summed E-state index contributed by atoms with van der Waals surface area (Å²) in [5, 5.41) is 7.67. The lowest BCUT2D eigenvalue weighted by molar-refractivity contribution is 0.215. The van der Waals surface area contributed by atoms with Crippen molar-refractivity contribution in [1.29, 1.82) is 0 Å². The molecule has 1 aromatic heterocycles. The fraction of sp³-hybridized carbons (Fsp3) is 0.769. The maximum absolute atomic E-state index is 5.80. The van der Waals surface area contributed by atoms with E-state index in [4.69, 9.17) is 4.74 Å². The van der Waals surface area contributed by atoms with Crippen LogP contribution in [-0.2, 0) is 6.54 Å². The smallest absolute Gasteiger partial charge is 0.157 e. The molecule has 0 spiro atoms. The van der Waals surface area contributed by atoms with Gasteiger partial charge in [0.1, 0.15) is 0 Å². The molecule has 0 unspecified atom stereocenters. The van der Waals surface area contributed by atoms with Gasteiger partial charge in [0.25, 0.3) is 0 Å². The molecule has 17 heavy (non-hydrogen) atoms. The Hall–Kier alpha value is -1.03. The van der Waals surface area contributed by atoms with Crippen molar-refractivity contribution in [2.24, 2.45) is 11.8 Å². The Kier molecular flexibility index (Phi) is 4.42. The predicted molar refractivity (Wildman–Crippen MR) is 68.2 cm³/mol. The van der Waals surface area contributed by atoms with Gasteiger partial charge in [0, 0.05) is 6.54 Å². The number of nitrogens with one attached hydrogen (secondary N) is 1. The van der Waals surface area contributed by atoms with Crippen molar-refractivity contribution >= 4 is 0 Å². The Morgan fingerprint density at radius 1 is 1.47 bits per heavy atom. The zero-order valence-electron chi connectivity index (χ0n) is 10.9. The topological polar surface area (TPSA) is 39.1 Å². The van der Waals surface area contributed by atoms with Gasteiger partial charge < -0.3 is 10.1 Å². The first-order chi connectivity index (χ1) is 8.24. The van der Waals surface area contributed by atoms with E-state index in [2.05, 4.69) is 24.3 Å². The van der Waals surface area contributed by atoms with Crippen molar-refractivity contribution < 1.29 is 4.74 Å². The second kappa shape index (κ2) is 6.05. The number of hydrogen-bond donors (Lipinski definition) is 1. The fourth-order valence-electron chi connectivity index (χ4n) is 2.16. The van der Waals surface area contributed by atoms with Crippen molar-refractivity contribution in [2.45, 2.75) is 33.2 Å². The normalized spacial score (nSPS) is 17.6. The Morgan fingerprint density at radius 3 is 2.94 bits per heavy atom. The predicted octanol–water partition coefficient (Wildman–Crippen LogP) is 1.92. The molecule has 1 fully saturated rings. The molecule has 0 amide bonds. The lowest BCUT2D eigenvalue weighted by Crippen LogP contribution is -2.30. The Balaban J connectivity index is 1.76. The van der Waals surface area contributed by atoms with Gasteiger partial charge in [-0.25, -0.2) is 0 Å². The van der Waals surface area contributed by atoms with Gasteiger partial charge in [-0.1, -0.05) is 13.8 Å². The highest BCUT2D eigenvalue weighted by Gasteiger charge is 2.13. The van der Waals surface area contributed by atoms with Gasteiger partial charge >= 0.3 is 0 Å². The number of aromatic nitrogens is 2. The maximum atomic E-state index is 5.80. The van der Waals surface area contributed by atoms with Gasteiger partial charge in [-0.2, -0.15) is 5.10 Å². The van der Waals surface area contributed by atoms with Crippen LogP contribution in [0.1, 0.15) is 26.7 Å². The second-order valence-electron chi connectivity index (χ2n) is 5.30. The molecule has 2 rings (SSSR count). The minimum absolute atomic E-state index is 0.618. The highest BCUT2D eigenvalue weighted by atomic mass is 16.5. The number of hydrogen-bond acceptors (Lipinski definition) is 3.